The summed E-state index contributed by atoms with van der Waals surface area (Å²) in [6, 6.07) is 0.922. The number of nitrogens with zero attached hydrogens (tertiary/aromatic N) is 1. The maximum absolute atomic E-state index is 12.7. The molecule has 0 fully saturated rings. The monoisotopic (exact) mass is 312 g/mol. The third-order valence-corrected chi connectivity index (χ3v) is 2.14. The third kappa shape index (κ3) is 4.51. The highest BCUT2D eigenvalue weighted by atomic mass is 79.9. The van der Waals surface area contributed by atoms with Crippen LogP contribution in [0.2, 0.25) is 0 Å². The third-order valence-electron chi connectivity index (χ3n) is 1.70. The minimum atomic E-state index is -4.51. The number of hydrogen-bond donors (Lipinski definition) is 1. The van der Waals surface area contributed by atoms with E-state index >= 15 is 0 Å². The van der Waals surface area contributed by atoms with Gasteiger partial charge < -0.3 is 10.5 Å². The number of pyridine rings is 1. The Balaban J connectivity index is 2.99. The average Bonchev–Trinajstić information content (AvgIpc) is 2.13. The van der Waals surface area contributed by atoms with E-state index in [-0.39, 0.29) is 11.1 Å². The van der Waals surface area contributed by atoms with Crippen molar-refractivity contribution in [2.24, 2.45) is 5.73 Å². The Bertz CT molecular complexity index is 402. The summed E-state index contributed by atoms with van der Waals surface area (Å²) in [5, 5.41) is 0. The van der Waals surface area contributed by atoms with Gasteiger partial charge in [0.15, 0.2) is 0 Å². The first-order chi connectivity index (χ1) is 7.59. The lowest BCUT2D eigenvalue weighted by molar-refractivity contribution is -0.139. The molecule has 0 spiro atoms. The van der Waals surface area contributed by atoms with E-state index in [0.717, 1.165) is 6.07 Å². The highest BCUT2D eigenvalue weighted by Crippen LogP contribution is 2.36. The number of halogens is 4. The molecule has 1 heterocycles. The first-order valence-corrected chi connectivity index (χ1v) is 5.53. The zero-order valence-corrected chi connectivity index (χ0v) is 10.9. The first kappa shape index (κ1) is 14.2. The van der Waals surface area contributed by atoms with Gasteiger partial charge in [-0.1, -0.05) is 0 Å². The molecule has 0 aromatic carbocycles. The van der Waals surface area contributed by atoms with Crippen molar-refractivity contribution < 1.29 is 17.9 Å². The number of rotatable bonds is 3. The molecule has 1 rings (SSSR count). The molecule has 0 saturated heterocycles. The zero-order chi connectivity index (χ0) is 13.3. The molecule has 0 atom stereocenters. The summed E-state index contributed by atoms with van der Waals surface area (Å²) < 4.78 is 43.3. The van der Waals surface area contributed by atoms with Crippen molar-refractivity contribution in [1.82, 2.24) is 4.98 Å². The summed E-state index contributed by atoms with van der Waals surface area (Å²) in [6.45, 7) is 3.25. The van der Waals surface area contributed by atoms with Crippen LogP contribution < -0.4 is 10.5 Å². The van der Waals surface area contributed by atoms with E-state index in [1.54, 1.807) is 13.8 Å². The van der Waals surface area contributed by atoms with Crippen LogP contribution >= 0.6 is 15.9 Å². The van der Waals surface area contributed by atoms with Crippen LogP contribution in [0.15, 0.2) is 16.7 Å². The van der Waals surface area contributed by atoms with Crippen molar-refractivity contribution in [3.8, 4) is 5.88 Å². The lowest BCUT2D eigenvalue weighted by Gasteiger charge is -2.20. The minimum Gasteiger partial charge on any atom is -0.475 e. The Hall–Kier alpha value is -0.820. The van der Waals surface area contributed by atoms with Gasteiger partial charge in [-0.05, 0) is 35.8 Å². The van der Waals surface area contributed by atoms with Crippen LogP contribution in [0.1, 0.15) is 19.4 Å². The van der Waals surface area contributed by atoms with Crippen LogP contribution in [0, 0.1) is 0 Å². The standard InChI is InChI=1S/C10H12BrF3N2O/c1-9(2,15)5-17-8-7(10(12,13)14)3-6(11)4-16-8/h3-4H,5,15H2,1-2H3. The summed E-state index contributed by atoms with van der Waals surface area (Å²) >= 11 is 2.94. The second kappa shape index (κ2) is 4.81. The van der Waals surface area contributed by atoms with Crippen LogP contribution in [0.3, 0.4) is 0 Å². The molecule has 0 aliphatic heterocycles. The van der Waals surface area contributed by atoms with Crippen molar-refractivity contribution >= 4 is 15.9 Å². The Morgan fingerprint density at radius 2 is 2.00 bits per heavy atom. The molecular formula is C10H12BrF3N2O. The van der Waals surface area contributed by atoms with E-state index < -0.39 is 23.2 Å². The van der Waals surface area contributed by atoms with Crippen molar-refractivity contribution in [2.75, 3.05) is 6.61 Å². The van der Waals surface area contributed by atoms with E-state index in [4.69, 9.17) is 10.5 Å². The van der Waals surface area contributed by atoms with Gasteiger partial charge in [0.2, 0.25) is 5.88 Å². The fourth-order valence-corrected chi connectivity index (χ4v) is 1.33. The highest BCUT2D eigenvalue weighted by molar-refractivity contribution is 9.10. The van der Waals surface area contributed by atoms with Gasteiger partial charge in [-0.15, -0.1) is 0 Å². The fraction of sp³-hybridized carbons (Fsp3) is 0.500. The zero-order valence-electron chi connectivity index (χ0n) is 9.31. The molecule has 1 aromatic rings. The van der Waals surface area contributed by atoms with Crippen LogP contribution in [0.5, 0.6) is 5.88 Å². The number of ether oxygens (including phenoxy) is 1. The van der Waals surface area contributed by atoms with Gasteiger partial charge in [-0.25, -0.2) is 4.98 Å². The van der Waals surface area contributed by atoms with E-state index in [0.29, 0.717) is 0 Å². The second-order valence-electron chi connectivity index (χ2n) is 4.28. The van der Waals surface area contributed by atoms with Crippen LogP contribution in [-0.2, 0) is 6.18 Å². The van der Waals surface area contributed by atoms with Crippen LogP contribution in [0.25, 0.3) is 0 Å². The summed E-state index contributed by atoms with van der Waals surface area (Å²) in [5.41, 5.74) is 3.98. The molecule has 0 bridgehead atoms. The molecule has 7 heteroatoms. The van der Waals surface area contributed by atoms with Gasteiger partial charge in [0.05, 0.1) is 0 Å². The quantitative estimate of drug-likeness (QED) is 0.933. The average molecular weight is 313 g/mol. The predicted octanol–water partition coefficient (Wildman–Crippen LogP) is 2.98. The Morgan fingerprint density at radius 3 is 2.47 bits per heavy atom. The van der Waals surface area contributed by atoms with E-state index in [1.165, 1.54) is 6.20 Å². The summed E-state index contributed by atoms with van der Waals surface area (Å²) in [7, 11) is 0. The molecule has 2 N–H and O–H groups in total. The number of nitrogens with two attached hydrogens (primary N) is 1. The highest BCUT2D eigenvalue weighted by Gasteiger charge is 2.36. The lowest BCUT2D eigenvalue weighted by atomic mass is 10.1. The second-order valence-corrected chi connectivity index (χ2v) is 5.20. The predicted molar refractivity (Wildman–Crippen MR) is 60.7 cm³/mol. The number of hydrogen-bond acceptors (Lipinski definition) is 3. The molecule has 0 unspecified atom stereocenters. The molecule has 1 aromatic heterocycles. The topological polar surface area (TPSA) is 48.1 Å². The SMILES string of the molecule is CC(C)(N)COc1ncc(Br)cc1C(F)(F)F. The summed E-state index contributed by atoms with van der Waals surface area (Å²) in [4.78, 5) is 3.60. The molecule has 0 aliphatic carbocycles. The van der Waals surface area contributed by atoms with Gasteiger partial charge in [0.1, 0.15) is 12.2 Å². The maximum Gasteiger partial charge on any atom is 0.421 e. The van der Waals surface area contributed by atoms with Gasteiger partial charge >= 0.3 is 6.18 Å². The van der Waals surface area contributed by atoms with E-state index in [1.807, 2.05) is 0 Å². The van der Waals surface area contributed by atoms with Crippen molar-refractivity contribution in [3.63, 3.8) is 0 Å². The van der Waals surface area contributed by atoms with Gasteiger partial charge in [0, 0.05) is 16.2 Å². The molecule has 0 aliphatic rings. The van der Waals surface area contributed by atoms with Gasteiger partial charge in [-0.2, -0.15) is 13.2 Å². The summed E-state index contributed by atoms with van der Waals surface area (Å²) in [6.07, 6.45) is -3.26. The molecule has 0 radical (unpaired) electrons. The fourth-order valence-electron chi connectivity index (χ4n) is 0.999. The Labute approximate surface area is 105 Å². The molecule has 17 heavy (non-hydrogen) atoms. The molecule has 3 nitrogen and oxygen atoms in total. The van der Waals surface area contributed by atoms with Gasteiger partial charge in [0.25, 0.3) is 0 Å². The maximum atomic E-state index is 12.7. The molecule has 0 amide bonds. The summed E-state index contributed by atoms with van der Waals surface area (Å²) in [5.74, 6) is -0.459. The first-order valence-electron chi connectivity index (χ1n) is 4.74. The molecule has 0 saturated carbocycles. The number of aromatic nitrogens is 1. The normalized spacial score (nSPS) is 12.6. The van der Waals surface area contributed by atoms with Crippen molar-refractivity contribution in [1.29, 1.82) is 0 Å². The smallest absolute Gasteiger partial charge is 0.421 e. The van der Waals surface area contributed by atoms with Crippen molar-refractivity contribution in [2.45, 2.75) is 25.6 Å². The van der Waals surface area contributed by atoms with Crippen molar-refractivity contribution in [3.05, 3.63) is 22.3 Å². The number of alkyl halides is 3. The molecule has 96 valence electrons. The van der Waals surface area contributed by atoms with E-state index in [2.05, 4.69) is 20.9 Å². The van der Waals surface area contributed by atoms with Gasteiger partial charge in [-0.3, -0.25) is 0 Å². The Morgan fingerprint density at radius 1 is 1.41 bits per heavy atom. The lowest BCUT2D eigenvalue weighted by Crippen LogP contribution is -2.39. The minimum absolute atomic E-state index is 0.0509. The molecular weight excluding hydrogens is 301 g/mol. The van der Waals surface area contributed by atoms with Crippen LogP contribution in [-0.4, -0.2) is 17.1 Å². The van der Waals surface area contributed by atoms with E-state index in [9.17, 15) is 13.2 Å². The largest absolute Gasteiger partial charge is 0.475 e. The van der Waals surface area contributed by atoms with Crippen LogP contribution in [0.4, 0.5) is 13.2 Å². The Kier molecular flexibility index (Phi) is 4.03.